The quantitative estimate of drug-likeness (QED) is 0.674. The third-order valence-electron chi connectivity index (χ3n) is 3.59. The molecule has 7 nitrogen and oxygen atoms in total. The van der Waals surface area contributed by atoms with Gasteiger partial charge < -0.3 is 25.2 Å². The Labute approximate surface area is 111 Å². The van der Waals surface area contributed by atoms with Gasteiger partial charge in [0.2, 0.25) is 0 Å². The highest BCUT2D eigenvalue weighted by atomic mass is 16.6. The molecular formula is C12H20N2O5. The predicted octanol–water partition coefficient (Wildman–Crippen LogP) is 0.0984. The first-order valence-corrected chi connectivity index (χ1v) is 6.61. The monoisotopic (exact) mass is 272 g/mol. The first kappa shape index (κ1) is 14.1. The fourth-order valence-corrected chi connectivity index (χ4v) is 2.49. The van der Waals surface area contributed by atoms with Gasteiger partial charge in [0.25, 0.3) is 0 Å². The Bertz CT molecular complexity index is 335. The lowest BCUT2D eigenvalue weighted by Crippen LogP contribution is -2.56. The lowest BCUT2D eigenvalue weighted by molar-refractivity contribution is -0.144. The third kappa shape index (κ3) is 3.57. The first-order valence-electron chi connectivity index (χ1n) is 6.61. The maximum Gasteiger partial charge on any atom is 0.329 e. The van der Waals surface area contributed by atoms with Crippen LogP contribution in [0.15, 0.2) is 0 Å². The molecule has 19 heavy (non-hydrogen) atoms. The van der Waals surface area contributed by atoms with Crippen LogP contribution in [0.25, 0.3) is 0 Å². The summed E-state index contributed by atoms with van der Waals surface area (Å²) in [5.74, 6) is -0.961. The maximum atomic E-state index is 11.8. The van der Waals surface area contributed by atoms with E-state index in [2.05, 4.69) is 10.6 Å². The molecule has 2 aliphatic rings. The summed E-state index contributed by atoms with van der Waals surface area (Å²) < 4.78 is 10.6. The van der Waals surface area contributed by atoms with Crippen molar-refractivity contribution < 1.29 is 24.2 Å². The molecule has 1 unspecified atom stereocenters. The number of hydrogen-bond acceptors (Lipinski definition) is 4. The number of rotatable bonds is 4. The van der Waals surface area contributed by atoms with Crippen LogP contribution in [0.3, 0.4) is 0 Å². The zero-order valence-corrected chi connectivity index (χ0v) is 10.8. The molecule has 1 heterocycles. The molecule has 1 saturated carbocycles. The lowest BCUT2D eigenvalue weighted by atomic mass is 9.98. The van der Waals surface area contributed by atoms with Gasteiger partial charge in [-0.25, -0.2) is 9.59 Å². The summed E-state index contributed by atoms with van der Waals surface area (Å²) in [5, 5.41) is 14.5. The molecule has 0 aromatic carbocycles. The van der Waals surface area contributed by atoms with E-state index < -0.39 is 17.5 Å². The highest BCUT2D eigenvalue weighted by molar-refractivity contribution is 5.86. The van der Waals surface area contributed by atoms with Crippen molar-refractivity contribution in [2.75, 3.05) is 26.4 Å². The number of urea groups is 1. The van der Waals surface area contributed by atoms with Crippen molar-refractivity contribution in [3.8, 4) is 0 Å². The number of ether oxygens (including phenoxy) is 2. The van der Waals surface area contributed by atoms with E-state index in [1.807, 2.05) is 0 Å². The van der Waals surface area contributed by atoms with Crippen LogP contribution in [-0.2, 0) is 14.3 Å². The van der Waals surface area contributed by atoms with Crippen LogP contribution in [0.1, 0.15) is 25.7 Å². The number of amides is 2. The molecule has 0 aromatic heterocycles. The molecular weight excluding hydrogens is 252 g/mol. The minimum Gasteiger partial charge on any atom is -0.480 e. The van der Waals surface area contributed by atoms with Crippen molar-refractivity contribution >= 4 is 12.0 Å². The molecule has 2 fully saturated rings. The summed E-state index contributed by atoms with van der Waals surface area (Å²) in [4.78, 5) is 23.0. The summed E-state index contributed by atoms with van der Waals surface area (Å²) in [7, 11) is 0. The predicted molar refractivity (Wildman–Crippen MR) is 65.9 cm³/mol. The van der Waals surface area contributed by atoms with Gasteiger partial charge in [-0.2, -0.15) is 0 Å². The minimum atomic E-state index is -1.10. The second-order valence-corrected chi connectivity index (χ2v) is 5.00. The van der Waals surface area contributed by atoms with E-state index in [1.165, 1.54) is 0 Å². The second-order valence-electron chi connectivity index (χ2n) is 5.00. The molecule has 108 valence electrons. The van der Waals surface area contributed by atoms with Gasteiger partial charge >= 0.3 is 12.0 Å². The van der Waals surface area contributed by atoms with Gasteiger partial charge in [0, 0.05) is 6.54 Å². The van der Waals surface area contributed by atoms with Gasteiger partial charge in [0.05, 0.1) is 25.9 Å². The van der Waals surface area contributed by atoms with Crippen LogP contribution in [0.5, 0.6) is 0 Å². The molecule has 1 aliphatic carbocycles. The Morgan fingerprint density at radius 3 is 2.58 bits per heavy atom. The highest BCUT2D eigenvalue weighted by Gasteiger charge is 2.42. The van der Waals surface area contributed by atoms with Gasteiger partial charge in [0.15, 0.2) is 0 Å². The van der Waals surface area contributed by atoms with E-state index in [1.54, 1.807) is 0 Å². The van der Waals surface area contributed by atoms with Crippen LogP contribution < -0.4 is 10.6 Å². The first-order chi connectivity index (χ1) is 9.12. The van der Waals surface area contributed by atoms with Crippen molar-refractivity contribution in [3.05, 3.63) is 0 Å². The van der Waals surface area contributed by atoms with Crippen LogP contribution in [0, 0.1) is 0 Å². The molecule has 1 aliphatic heterocycles. The third-order valence-corrected chi connectivity index (χ3v) is 3.59. The fraction of sp³-hybridized carbons (Fsp3) is 0.833. The van der Waals surface area contributed by atoms with Crippen molar-refractivity contribution in [1.82, 2.24) is 10.6 Å². The molecule has 0 aromatic rings. The number of carbonyl (C=O) groups is 2. The highest BCUT2D eigenvalue weighted by Crippen LogP contribution is 2.29. The average molecular weight is 272 g/mol. The van der Waals surface area contributed by atoms with Gasteiger partial charge in [-0.3, -0.25) is 0 Å². The summed E-state index contributed by atoms with van der Waals surface area (Å²) in [6, 6.07) is -0.460. The molecule has 1 saturated heterocycles. The molecule has 1 atom stereocenters. The number of carbonyl (C=O) groups excluding carboxylic acids is 1. The molecule has 0 radical (unpaired) electrons. The van der Waals surface area contributed by atoms with Crippen molar-refractivity contribution in [2.45, 2.75) is 37.3 Å². The van der Waals surface area contributed by atoms with Crippen LogP contribution in [0.4, 0.5) is 4.79 Å². The standard InChI is InChI=1S/C12H20N2O5/c15-10(16)12(3-1-2-4-12)14-11(17)13-7-9-8-18-5-6-19-9/h9H,1-8H2,(H,15,16)(H2,13,14,17). The largest absolute Gasteiger partial charge is 0.480 e. The van der Waals surface area contributed by atoms with E-state index in [9.17, 15) is 14.7 Å². The SMILES string of the molecule is O=C(NCC1COCCO1)NC1(C(=O)O)CCCC1. The summed E-state index contributed by atoms with van der Waals surface area (Å²) in [5.41, 5.74) is -1.10. The summed E-state index contributed by atoms with van der Waals surface area (Å²) in [6.45, 7) is 1.86. The number of nitrogens with one attached hydrogen (secondary N) is 2. The Kier molecular flexibility index (Phi) is 4.60. The average Bonchev–Trinajstić information content (AvgIpc) is 2.87. The van der Waals surface area contributed by atoms with Crippen LogP contribution in [-0.4, -0.2) is 55.1 Å². The Balaban J connectivity index is 1.78. The van der Waals surface area contributed by atoms with E-state index in [0.29, 0.717) is 39.2 Å². The van der Waals surface area contributed by atoms with E-state index in [-0.39, 0.29) is 6.10 Å². The smallest absolute Gasteiger partial charge is 0.329 e. The fourth-order valence-electron chi connectivity index (χ4n) is 2.49. The molecule has 0 bridgehead atoms. The number of carboxylic acid groups (broad SMARTS) is 1. The summed E-state index contributed by atoms with van der Waals surface area (Å²) >= 11 is 0. The second kappa shape index (κ2) is 6.21. The molecule has 3 N–H and O–H groups in total. The van der Waals surface area contributed by atoms with E-state index in [0.717, 1.165) is 12.8 Å². The zero-order chi connectivity index (χ0) is 13.7. The van der Waals surface area contributed by atoms with E-state index >= 15 is 0 Å². The topological polar surface area (TPSA) is 96.9 Å². The van der Waals surface area contributed by atoms with Crippen molar-refractivity contribution in [2.24, 2.45) is 0 Å². The normalized spacial score (nSPS) is 25.8. The summed E-state index contributed by atoms with van der Waals surface area (Å²) in [6.07, 6.45) is 2.46. The minimum absolute atomic E-state index is 0.163. The number of hydrogen-bond donors (Lipinski definition) is 3. The van der Waals surface area contributed by atoms with Gasteiger partial charge in [-0.15, -0.1) is 0 Å². The lowest BCUT2D eigenvalue weighted by Gasteiger charge is -2.27. The van der Waals surface area contributed by atoms with Gasteiger partial charge in [-0.05, 0) is 12.8 Å². The maximum absolute atomic E-state index is 11.8. The molecule has 7 heteroatoms. The number of carboxylic acids is 1. The van der Waals surface area contributed by atoms with Crippen LogP contribution in [0.2, 0.25) is 0 Å². The Morgan fingerprint density at radius 2 is 2.00 bits per heavy atom. The van der Waals surface area contributed by atoms with Crippen molar-refractivity contribution in [1.29, 1.82) is 0 Å². The molecule has 0 spiro atoms. The molecule has 2 amide bonds. The Morgan fingerprint density at radius 1 is 1.26 bits per heavy atom. The number of aliphatic carboxylic acids is 1. The van der Waals surface area contributed by atoms with E-state index in [4.69, 9.17) is 9.47 Å². The van der Waals surface area contributed by atoms with Gasteiger partial charge in [-0.1, -0.05) is 12.8 Å². The van der Waals surface area contributed by atoms with Crippen LogP contribution >= 0.6 is 0 Å². The zero-order valence-electron chi connectivity index (χ0n) is 10.8. The van der Waals surface area contributed by atoms with Crippen molar-refractivity contribution in [3.63, 3.8) is 0 Å². The molecule has 2 rings (SSSR count). The Hall–Kier alpha value is -1.34. The van der Waals surface area contributed by atoms with Gasteiger partial charge in [0.1, 0.15) is 5.54 Å².